The van der Waals surface area contributed by atoms with Crippen molar-refractivity contribution in [1.82, 2.24) is 14.5 Å². The third-order valence-corrected chi connectivity index (χ3v) is 2.45. The normalized spacial score (nSPS) is 11.9. The first-order valence-corrected chi connectivity index (χ1v) is 5.05. The van der Waals surface area contributed by atoms with Gasteiger partial charge in [0.25, 0.3) is 5.69 Å². The van der Waals surface area contributed by atoms with Gasteiger partial charge in [-0.15, -0.1) is 5.10 Å². The lowest BCUT2D eigenvalue weighted by molar-refractivity contribution is -0.384. The molecule has 2 aromatic rings. The van der Waals surface area contributed by atoms with Crippen molar-refractivity contribution in [3.05, 3.63) is 28.3 Å². The zero-order chi connectivity index (χ0) is 12.8. The SMILES string of the molecule is C[N+](C)(C)n1nc2ccc([N+](=O)[O-])cc2c1N. The van der Waals surface area contributed by atoms with Crippen LogP contribution in [0, 0.1) is 10.1 Å². The lowest BCUT2D eigenvalue weighted by Gasteiger charge is -2.23. The monoisotopic (exact) mass is 236 g/mol. The highest BCUT2D eigenvalue weighted by Crippen LogP contribution is 2.25. The minimum atomic E-state index is -0.442. The zero-order valence-corrected chi connectivity index (χ0v) is 9.91. The Bertz CT molecular complexity index is 596. The van der Waals surface area contributed by atoms with Crippen LogP contribution in [0.4, 0.5) is 11.5 Å². The summed E-state index contributed by atoms with van der Waals surface area (Å²) in [4.78, 5) is 11.9. The number of quaternary nitrogens is 1. The molecule has 0 aliphatic rings. The minimum absolute atomic E-state index is 0.0187. The molecule has 1 aromatic carbocycles. The van der Waals surface area contributed by atoms with E-state index in [0.717, 1.165) is 0 Å². The number of benzene rings is 1. The Morgan fingerprint density at radius 2 is 2.06 bits per heavy atom. The van der Waals surface area contributed by atoms with E-state index in [4.69, 9.17) is 5.73 Å². The van der Waals surface area contributed by atoms with Gasteiger partial charge in [0.1, 0.15) is 5.52 Å². The van der Waals surface area contributed by atoms with Gasteiger partial charge in [0.15, 0.2) is 5.82 Å². The Morgan fingerprint density at radius 1 is 1.41 bits per heavy atom. The molecule has 0 spiro atoms. The van der Waals surface area contributed by atoms with Crippen LogP contribution >= 0.6 is 0 Å². The van der Waals surface area contributed by atoms with Crippen molar-refractivity contribution in [2.75, 3.05) is 26.9 Å². The van der Waals surface area contributed by atoms with E-state index in [-0.39, 0.29) is 5.69 Å². The third-order valence-electron chi connectivity index (χ3n) is 2.45. The predicted molar refractivity (Wildman–Crippen MR) is 66.1 cm³/mol. The molecule has 7 nitrogen and oxygen atoms in total. The lowest BCUT2D eigenvalue weighted by Crippen LogP contribution is -2.47. The molecule has 0 aliphatic heterocycles. The van der Waals surface area contributed by atoms with Gasteiger partial charge >= 0.3 is 0 Å². The van der Waals surface area contributed by atoms with Crippen LogP contribution in [0.15, 0.2) is 18.2 Å². The van der Waals surface area contributed by atoms with Crippen LogP contribution in [0.3, 0.4) is 0 Å². The summed E-state index contributed by atoms with van der Waals surface area (Å²) < 4.78 is 0.397. The van der Waals surface area contributed by atoms with Gasteiger partial charge in [0.05, 0.1) is 31.5 Å². The van der Waals surface area contributed by atoms with Crippen LogP contribution in [0.2, 0.25) is 0 Å². The molecule has 90 valence electrons. The second-order valence-electron chi connectivity index (χ2n) is 4.67. The molecule has 17 heavy (non-hydrogen) atoms. The Kier molecular flexibility index (Phi) is 2.28. The summed E-state index contributed by atoms with van der Waals surface area (Å²) in [6, 6.07) is 4.48. The van der Waals surface area contributed by atoms with Gasteiger partial charge in [0.2, 0.25) is 0 Å². The van der Waals surface area contributed by atoms with Gasteiger partial charge in [-0.2, -0.15) is 0 Å². The number of fused-ring (bicyclic) bond motifs is 1. The van der Waals surface area contributed by atoms with Crippen LogP contribution < -0.4 is 10.3 Å². The summed E-state index contributed by atoms with van der Waals surface area (Å²) in [6.45, 7) is 0. The molecule has 0 bridgehead atoms. The average Bonchev–Trinajstić information content (AvgIpc) is 2.55. The topological polar surface area (TPSA) is 87.0 Å². The Labute approximate surface area is 97.7 Å². The number of nitro benzene ring substituents is 1. The Morgan fingerprint density at radius 3 is 2.59 bits per heavy atom. The van der Waals surface area contributed by atoms with Crippen molar-refractivity contribution in [3.63, 3.8) is 0 Å². The maximum atomic E-state index is 10.7. The minimum Gasteiger partial charge on any atom is -0.379 e. The summed E-state index contributed by atoms with van der Waals surface area (Å²) in [7, 11) is 5.74. The van der Waals surface area contributed by atoms with E-state index in [9.17, 15) is 10.1 Å². The molecule has 0 amide bonds. The molecular formula is C10H14N5O2+. The quantitative estimate of drug-likeness (QED) is 0.476. The van der Waals surface area contributed by atoms with Crippen molar-refractivity contribution in [2.24, 2.45) is 0 Å². The lowest BCUT2D eigenvalue weighted by atomic mass is 10.2. The maximum absolute atomic E-state index is 10.7. The van der Waals surface area contributed by atoms with Crippen LogP contribution in [0.5, 0.6) is 0 Å². The first-order valence-electron chi connectivity index (χ1n) is 5.05. The number of hydrogen-bond acceptors (Lipinski definition) is 4. The predicted octanol–water partition coefficient (Wildman–Crippen LogP) is 0.855. The highest BCUT2D eigenvalue weighted by Gasteiger charge is 2.20. The summed E-state index contributed by atoms with van der Waals surface area (Å²) in [5, 5.41) is 15.6. The highest BCUT2D eigenvalue weighted by molar-refractivity contribution is 5.90. The van der Waals surface area contributed by atoms with Crippen molar-refractivity contribution in [2.45, 2.75) is 0 Å². The Hall–Kier alpha value is -2.15. The molecule has 1 heterocycles. The van der Waals surface area contributed by atoms with Crippen LogP contribution in [0.25, 0.3) is 10.9 Å². The molecule has 0 saturated carbocycles. The molecule has 2 rings (SSSR count). The number of nitrogens with two attached hydrogens (primary N) is 1. The standard InChI is InChI=1S/C10H14N5O2/c1-15(2,3)13-10(11)8-6-7(14(16)17)4-5-9(8)12-13/h4-6H,11H2,1-3H3/q+1. The Balaban J connectivity index is 2.71. The number of rotatable bonds is 2. The summed E-state index contributed by atoms with van der Waals surface area (Å²) >= 11 is 0. The summed E-state index contributed by atoms with van der Waals surface area (Å²) in [5.74, 6) is 0.427. The molecule has 0 fully saturated rings. The van der Waals surface area contributed by atoms with Crippen LogP contribution in [-0.4, -0.2) is 36.0 Å². The molecule has 0 saturated heterocycles. The second-order valence-corrected chi connectivity index (χ2v) is 4.67. The maximum Gasteiger partial charge on any atom is 0.270 e. The van der Waals surface area contributed by atoms with Gasteiger partial charge in [-0.1, -0.05) is 4.79 Å². The molecule has 0 atom stereocenters. The van der Waals surface area contributed by atoms with Crippen molar-refractivity contribution in [3.8, 4) is 0 Å². The highest BCUT2D eigenvalue weighted by atomic mass is 16.6. The van der Waals surface area contributed by atoms with Gasteiger partial charge in [-0.05, 0) is 6.07 Å². The number of nitrogen functional groups attached to an aromatic ring is 1. The molecule has 7 heteroatoms. The van der Waals surface area contributed by atoms with Crippen molar-refractivity contribution < 1.29 is 4.92 Å². The van der Waals surface area contributed by atoms with Crippen molar-refractivity contribution in [1.29, 1.82) is 0 Å². The summed E-state index contributed by atoms with van der Waals surface area (Å²) in [6.07, 6.45) is 0. The molecule has 0 radical (unpaired) electrons. The fourth-order valence-corrected chi connectivity index (χ4v) is 1.65. The van der Waals surface area contributed by atoms with E-state index in [2.05, 4.69) is 5.10 Å². The number of anilines is 1. The van der Waals surface area contributed by atoms with Crippen LogP contribution in [0.1, 0.15) is 0 Å². The van der Waals surface area contributed by atoms with Gasteiger partial charge in [-0.3, -0.25) is 10.1 Å². The third kappa shape index (κ3) is 1.80. The number of nitro groups is 1. The molecule has 0 aliphatic carbocycles. The van der Waals surface area contributed by atoms with Gasteiger partial charge < -0.3 is 5.73 Å². The van der Waals surface area contributed by atoms with E-state index in [1.165, 1.54) is 12.1 Å². The van der Waals surface area contributed by atoms with Gasteiger partial charge in [-0.25, -0.2) is 4.59 Å². The molecule has 0 unspecified atom stereocenters. The average molecular weight is 236 g/mol. The summed E-state index contributed by atoms with van der Waals surface area (Å²) in [5.41, 5.74) is 6.63. The number of hydrogen-bond donors (Lipinski definition) is 1. The molecular weight excluding hydrogens is 222 g/mol. The smallest absolute Gasteiger partial charge is 0.270 e. The molecule has 1 aromatic heterocycles. The van der Waals surface area contributed by atoms with E-state index in [1.807, 2.05) is 21.1 Å². The van der Waals surface area contributed by atoms with E-state index < -0.39 is 4.92 Å². The van der Waals surface area contributed by atoms with Crippen LogP contribution in [-0.2, 0) is 0 Å². The van der Waals surface area contributed by atoms with Gasteiger partial charge in [0, 0.05) is 12.1 Å². The number of aromatic nitrogens is 2. The van der Waals surface area contributed by atoms with Crippen molar-refractivity contribution >= 4 is 22.4 Å². The largest absolute Gasteiger partial charge is 0.379 e. The number of non-ortho nitro benzene ring substituents is 1. The second kappa shape index (κ2) is 3.42. The van der Waals surface area contributed by atoms with E-state index in [0.29, 0.717) is 21.3 Å². The first-order chi connectivity index (χ1) is 7.80. The van der Waals surface area contributed by atoms with E-state index in [1.54, 1.807) is 10.9 Å². The van der Waals surface area contributed by atoms with E-state index >= 15 is 0 Å². The fraction of sp³-hybridized carbons (Fsp3) is 0.300. The zero-order valence-electron chi connectivity index (χ0n) is 9.91. The number of nitrogens with zero attached hydrogens (tertiary/aromatic N) is 4. The molecule has 2 N–H and O–H groups in total. The fourth-order valence-electron chi connectivity index (χ4n) is 1.65. The first kappa shape index (κ1) is 11.3.